The van der Waals surface area contributed by atoms with Crippen molar-refractivity contribution in [2.45, 2.75) is 158 Å². The number of nitrogens with zero attached hydrogens (tertiary/aromatic N) is 1. The highest BCUT2D eigenvalue weighted by molar-refractivity contribution is 6.38. The first kappa shape index (κ1) is 41.4. The smallest absolute Gasteiger partial charge is 0.289 e. The van der Waals surface area contributed by atoms with Gasteiger partial charge in [-0.1, -0.05) is 127 Å². The minimum Gasteiger partial charge on any atom is -0.369 e. The van der Waals surface area contributed by atoms with Gasteiger partial charge in [-0.15, -0.1) is 6.58 Å². The second kappa shape index (κ2) is 17.8. The molecule has 4 N–H and O–H groups in total. The number of Topliss-reactive ketones (excluding diaryl/α,β-unsaturated/α-hetero) is 1. The second-order valence-corrected chi connectivity index (χ2v) is 16.2. The third kappa shape index (κ3) is 9.90. The maximum Gasteiger partial charge on any atom is 0.289 e. The van der Waals surface area contributed by atoms with E-state index in [1.165, 1.54) is 25.3 Å². The lowest BCUT2D eigenvalue weighted by Gasteiger charge is -2.47. The van der Waals surface area contributed by atoms with Crippen molar-refractivity contribution in [3.63, 3.8) is 0 Å². The second-order valence-electron chi connectivity index (χ2n) is 16.2. The van der Waals surface area contributed by atoms with Crippen molar-refractivity contribution in [2.24, 2.45) is 28.1 Å². The predicted octanol–water partition coefficient (Wildman–Crippen LogP) is 7.23. The first-order chi connectivity index (χ1) is 22.5. The molecule has 274 valence electrons. The van der Waals surface area contributed by atoms with Crippen molar-refractivity contribution in [3.8, 4) is 0 Å². The number of carbonyl (C=O) groups is 3. The Morgan fingerprint density at radius 3 is 2.10 bits per heavy atom. The van der Waals surface area contributed by atoms with Gasteiger partial charge in [0, 0.05) is 24.8 Å². The molecular weight excluding hydrogens is 598 g/mol. The molecule has 48 heavy (non-hydrogen) atoms. The standard InChI is InChI=1S/C38H65N5O3.C2H6/c1-12-15-20-28(32(44)35(46)39-23-14-3)42-34(45)31-30-27(37(30,9)10)24-43(31)25(4)33(38(11)21-17-16-18-22-38)41-26(5)40-29(19-13-2)36(6,7)8;1-2/h14,27-31,33,40-41H,3-5,12-13,15-24H2,1-2,6-11H3,(H,39,46)(H,42,45);1-2H3/t27-,28?,29?,30-,31?,33?;/m0./s1. The van der Waals surface area contributed by atoms with E-state index < -0.39 is 23.8 Å². The Hall–Kier alpha value is -2.77. The number of rotatable bonds is 18. The maximum absolute atomic E-state index is 14.3. The molecule has 2 saturated carbocycles. The molecule has 1 saturated heterocycles. The zero-order valence-electron chi connectivity index (χ0n) is 32.3. The molecule has 0 aromatic heterocycles. The van der Waals surface area contributed by atoms with Gasteiger partial charge in [-0.25, -0.2) is 0 Å². The average molecular weight is 670 g/mol. The lowest BCUT2D eigenvalue weighted by molar-refractivity contribution is -0.140. The minimum atomic E-state index is -0.866. The van der Waals surface area contributed by atoms with Crippen LogP contribution in [0.1, 0.15) is 133 Å². The Morgan fingerprint density at radius 1 is 0.938 bits per heavy atom. The number of carbonyl (C=O) groups excluding carboxylic acids is 3. The van der Waals surface area contributed by atoms with Crippen LogP contribution in [0.15, 0.2) is 37.3 Å². The molecule has 2 aliphatic carbocycles. The lowest BCUT2D eigenvalue weighted by Crippen LogP contribution is -2.57. The van der Waals surface area contributed by atoms with Gasteiger partial charge >= 0.3 is 0 Å². The van der Waals surface area contributed by atoms with Crippen LogP contribution in [-0.2, 0) is 14.4 Å². The van der Waals surface area contributed by atoms with Gasteiger partial charge in [-0.3, -0.25) is 14.4 Å². The van der Waals surface area contributed by atoms with Gasteiger partial charge < -0.3 is 26.2 Å². The van der Waals surface area contributed by atoms with Crippen LogP contribution < -0.4 is 21.3 Å². The summed E-state index contributed by atoms with van der Waals surface area (Å²) in [5.74, 6) is -0.168. The molecule has 2 amide bonds. The summed E-state index contributed by atoms with van der Waals surface area (Å²) in [7, 11) is 0. The van der Waals surface area contributed by atoms with E-state index in [1.807, 2.05) is 20.8 Å². The first-order valence-corrected chi connectivity index (χ1v) is 18.9. The fourth-order valence-electron chi connectivity index (χ4n) is 8.14. The quantitative estimate of drug-likeness (QED) is 0.0907. The molecule has 0 bridgehead atoms. The number of nitrogens with one attached hydrogen (secondary N) is 4. The van der Waals surface area contributed by atoms with Gasteiger partial charge in [0.1, 0.15) is 6.04 Å². The zero-order valence-corrected chi connectivity index (χ0v) is 32.3. The van der Waals surface area contributed by atoms with Crippen LogP contribution in [-0.4, -0.2) is 59.8 Å². The predicted molar refractivity (Wildman–Crippen MR) is 200 cm³/mol. The summed E-state index contributed by atoms with van der Waals surface area (Å²) >= 11 is 0. The van der Waals surface area contributed by atoms with Crippen LogP contribution >= 0.6 is 0 Å². The number of amides is 2. The summed E-state index contributed by atoms with van der Waals surface area (Å²) in [5, 5.41) is 13.2. The molecule has 0 spiro atoms. The van der Waals surface area contributed by atoms with Gasteiger partial charge in [0.15, 0.2) is 0 Å². The van der Waals surface area contributed by atoms with E-state index in [0.717, 1.165) is 56.6 Å². The molecule has 0 aromatic rings. The Morgan fingerprint density at radius 2 is 1.56 bits per heavy atom. The number of unbranched alkanes of at least 4 members (excludes halogenated alkanes) is 1. The molecule has 4 unspecified atom stereocenters. The van der Waals surface area contributed by atoms with Gasteiger partial charge in [0.25, 0.3) is 5.91 Å². The highest BCUT2D eigenvalue weighted by Gasteiger charge is 2.69. The van der Waals surface area contributed by atoms with Gasteiger partial charge in [0.2, 0.25) is 11.7 Å². The number of likely N-dealkylation sites (tertiary alicyclic amines) is 1. The molecule has 8 heteroatoms. The third-order valence-corrected chi connectivity index (χ3v) is 11.3. The SMILES string of the molecule is C=CCNC(=O)C(=O)C(CCCC)NC(=O)C1[C@@H]2[C@H](CN1C(=C)C(NC(=C)NC(CCC)C(C)(C)C)C1(C)CCCCC1)C2(C)C.CC. The molecule has 3 fully saturated rings. The zero-order chi connectivity index (χ0) is 36.4. The van der Waals surface area contributed by atoms with Gasteiger partial charge in [0.05, 0.1) is 17.9 Å². The molecular formula is C40H71N5O3. The fraction of sp³-hybridized carbons (Fsp3) is 0.775. The van der Waals surface area contributed by atoms with E-state index in [4.69, 9.17) is 6.58 Å². The van der Waals surface area contributed by atoms with Crippen molar-refractivity contribution in [1.82, 2.24) is 26.2 Å². The number of hydrogen-bond donors (Lipinski definition) is 4. The van der Waals surface area contributed by atoms with E-state index in [9.17, 15) is 14.4 Å². The fourth-order valence-corrected chi connectivity index (χ4v) is 8.14. The van der Waals surface area contributed by atoms with Crippen molar-refractivity contribution >= 4 is 17.6 Å². The maximum atomic E-state index is 14.3. The molecule has 3 aliphatic rings. The number of ketones is 1. The van der Waals surface area contributed by atoms with Crippen LogP contribution in [0, 0.1) is 28.1 Å². The van der Waals surface area contributed by atoms with Crippen LogP contribution in [0.5, 0.6) is 0 Å². The third-order valence-electron chi connectivity index (χ3n) is 11.3. The van der Waals surface area contributed by atoms with E-state index in [-0.39, 0.29) is 46.7 Å². The molecule has 1 heterocycles. The van der Waals surface area contributed by atoms with Crippen LogP contribution in [0.2, 0.25) is 0 Å². The minimum absolute atomic E-state index is 0.0198. The lowest BCUT2D eigenvalue weighted by atomic mass is 9.69. The Balaban J connectivity index is 0.00000392. The number of fused-ring (bicyclic) bond motifs is 1. The van der Waals surface area contributed by atoms with E-state index >= 15 is 0 Å². The van der Waals surface area contributed by atoms with Crippen molar-refractivity contribution < 1.29 is 14.4 Å². The Labute approximate surface area is 293 Å². The molecule has 1 aliphatic heterocycles. The first-order valence-electron chi connectivity index (χ1n) is 18.9. The van der Waals surface area contributed by atoms with E-state index in [0.29, 0.717) is 12.3 Å². The molecule has 0 aromatic carbocycles. The van der Waals surface area contributed by atoms with Crippen molar-refractivity contribution in [2.75, 3.05) is 13.1 Å². The highest BCUT2D eigenvalue weighted by atomic mass is 16.2. The van der Waals surface area contributed by atoms with E-state index in [2.05, 4.69) is 87.8 Å². The van der Waals surface area contributed by atoms with Crippen LogP contribution in [0.4, 0.5) is 0 Å². The summed E-state index contributed by atoms with van der Waals surface area (Å²) < 4.78 is 0. The number of piperidine rings is 1. The largest absolute Gasteiger partial charge is 0.369 e. The summed E-state index contributed by atoms with van der Waals surface area (Å²) in [6.45, 7) is 35.6. The van der Waals surface area contributed by atoms with E-state index in [1.54, 1.807) is 0 Å². The van der Waals surface area contributed by atoms with Crippen molar-refractivity contribution in [1.29, 1.82) is 0 Å². The summed E-state index contributed by atoms with van der Waals surface area (Å²) in [4.78, 5) is 42.3. The summed E-state index contributed by atoms with van der Waals surface area (Å²) in [6, 6.07) is -1.16. The van der Waals surface area contributed by atoms with Crippen LogP contribution in [0.3, 0.4) is 0 Å². The molecule has 0 radical (unpaired) electrons. The Bertz CT molecular complexity index is 1130. The molecule has 8 nitrogen and oxygen atoms in total. The highest BCUT2D eigenvalue weighted by Crippen LogP contribution is 2.65. The normalized spacial score (nSPS) is 24.0. The topological polar surface area (TPSA) is 103 Å². The monoisotopic (exact) mass is 670 g/mol. The average Bonchev–Trinajstić information content (AvgIpc) is 3.35. The summed E-state index contributed by atoms with van der Waals surface area (Å²) in [5.41, 5.74) is 0.958. The Kier molecular flexibility index (Phi) is 15.3. The van der Waals surface area contributed by atoms with Gasteiger partial charge in [-0.05, 0) is 53.8 Å². The van der Waals surface area contributed by atoms with Gasteiger partial charge in [-0.2, -0.15) is 0 Å². The van der Waals surface area contributed by atoms with Crippen molar-refractivity contribution in [3.05, 3.63) is 37.3 Å². The number of hydrogen-bond acceptors (Lipinski definition) is 6. The molecule has 6 atom stereocenters. The molecule has 3 rings (SSSR count). The van der Waals surface area contributed by atoms with Crippen LogP contribution in [0.25, 0.3) is 0 Å². The summed E-state index contributed by atoms with van der Waals surface area (Å²) in [6.07, 6.45) is 11.4.